The molecule has 0 unspecified atom stereocenters. The molecule has 1 heterocycles. The molecule has 8 nitrogen and oxygen atoms in total. The molecule has 0 amide bonds. The predicted octanol–water partition coefficient (Wildman–Crippen LogP) is 2.93. The highest BCUT2D eigenvalue weighted by atomic mass is 32.2. The molecular formula is C16H17N3O5S. The average molecular weight is 363 g/mol. The van der Waals surface area contributed by atoms with Crippen LogP contribution in [0.1, 0.15) is 36.3 Å². The number of furan rings is 1. The molecule has 3 rings (SSSR count). The molecule has 0 radical (unpaired) electrons. The van der Waals surface area contributed by atoms with Crippen LogP contribution in [0.4, 0.5) is 5.69 Å². The van der Waals surface area contributed by atoms with Gasteiger partial charge in [-0.15, -0.1) is 0 Å². The normalized spacial score (nSPS) is 19.9. The van der Waals surface area contributed by atoms with Gasteiger partial charge in [0, 0.05) is 17.5 Å². The van der Waals surface area contributed by atoms with Crippen molar-refractivity contribution < 1.29 is 17.8 Å². The largest absolute Gasteiger partial charge is 0.460 e. The number of aryl methyl sites for hydroxylation is 1. The van der Waals surface area contributed by atoms with Crippen LogP contribution in [0.3, 0.4) is 0 Å². The second kappa shape index (κ2) is 6.32. The summed E-state index contributed by atoms with van der Waals surface area (Å²) in [7, 11) is -4.00. The van der Waals surface area contributed by atoms with Crippen molar-refractivity contribution in [3.8, 4) is 0 Å². The Balaban J connectivity index is 1.72. The number of nitrogens with one attached hydrogen (secondary N) is 1. The second-order valence-corrected chi connectivity index (χ2v) is 7.78. The van der Waals surface area contributed by atoms with Gasteiger partial charge in [0.15, 0.2) is 0 Å². The van der Waals surface area contributed by atoms with Crippen molar-refractivity contribution in [3.05, 3.63) is 57.5 Å². The lowest BCUT2D eigenvalue weighted by atomic mass is 10.2. The summed E-state index contributed by atoms with van der Waals surface area (Å²) in [5, 5.41) is 14.6. The lowest BCUT2D eigenvalue weighted by molar-refractivity contribution is -0.385. The average Bonchev–Trinajstić information content (AvgIpc) is 3.08. The van der Waals surface area contributed by atoms with Crippen molar-refractivity contribution in [2.24, 2.45) is 11.0 Å². The van der Waals surface area contributed by atoms with Crippen LogP contribution < -0.4 is 4.83 Å². The van der Waals surface area contributed by atoms with E-state index in [1.807, 2.05) is 10.9 Å². The first-order valence-corrected chi connectivity index (χ1v) is 9.16. The molecule has 0 saturated heterocycles. The summed E-state index contributed by atoms with van der Waals surface area (Å²) in [5.41, 5.74) is 0.117. The van der Waals surface area contributed by atoms with Gasteiger partial charge in [0.25, 0.3) is 15.7 Å². The smallest absolute Gasteiger partial charge is 0.276 e. The zero-order chi connectivity index (χ0) is 18.2. The van der Waals surface area contributed by atoms with Crippen molar-refractivity contribution in [1.82, 2.24) is 4.83 Å². The SMILES string of the molecule is Cc1ccc(S(=O)(=O)N/N=C\c2ccc([C@H]3C[C@H]3C)o2)cc1[N+](=O)[O-]. The number of nitro groups is 1. The first kappa shape index (κ1) is 17.2. The van der Waals surface area contributed by atoms with E-state index in [0.717, 1.165) is 18.2 Å². The van der Waals surface area contributed by atoms with Gasteiger partial charge >= 0.3 is 0 Å². The topological polar surface area (TPSA) is 115 Å². The van der Waals surface area contributed by atoms with E-state index in [9.17, 15) is 18.5 Å². The van der Waals surface area contributed by atoms with Crippen LogP contribution in [0.15, 0.2) is 44.7 Å². The van der Waals surface area contributed by atoms with Gasteiger partial charge in [-0.25, -0.2) is 0 Å². The lowest BCUT2D eigenvalue weighted by Gasteiger charge is -2.04. The van der Waals surface area contributed by atoms with E-state index >= 15 is 0 Å². The van der Waals surface area contributed by atoms with E-state index in [1.165, 1.54) is 25.3 Å². The third-order valence-electron chi connectivity index (χ3n) is 4.17. The monoisotopic (exact) mass is 363 g/mol. The van der Waals surface area contributed by atoms with E-state index < -0.39 is 14.9 Å². The molecular weight excluding hydrogens is 346 g/mol. The lowest BCUT2D eigenvalue weighted by Crippen LogP contribution is -2.18. The van der Waals surface area contributed by atoms with Crippen molar-refractivity contribution >= 4 is 21.9 Å². The summed E-state index contributed by atoms with van der Waals surface area (Å²) in [6.45, 7) is 3.67. The Bertz CT molecular complexity index is 948. The number of rotatable bonds is 6. The molecule has 9 heteroatoms. The Morgan fingerprint density at radius 3 is 2.72 bits per heavy atom. The first-order chi connectivity index (χ1) is 11.8. The van der Waals surface area contributed by atoms with Gasteiger partial charge in [-0.3, -0.25) is 10.1 Å². The number of benzene rings is 1. The molecule has 0 bridgehead atoms. The fraction of sp³-hybridized carbons (Fsp3) is 0.312. The Morgan fingerprint density at radius 1 is 1.36 bits per heavy atom. The van der Waals surface area contributed by atoms with E-state index in [4.69, 9.17) is 4.42 Å². The molecule has 0 spiro atoms. The highest BCUT2D eigenvalue weighted by Gasteiger charge is 2.36. The number of hydrogen-bond donors (Lipinski definition) is 1. The molecule has 2 atom stereocenters. The van der Waals surface area contributed by atoms with Gasteiger partial charge in [-0.1, -0.05) is 13.0 Å². The van der Waals surface area contributed by atoms with E-state index in [0.29, 0.717) is 23.2 Å². The standard InChI is InChI=1S/C16H17N3O5S/c1-10-3-5-13(8-15(10)19(20)21)25(22,23)18-17-9-12-4-6-16(24-12)14-7-11(14)2/h3-6,8-9,11,14,18H,7H2,1-2H3/b17-9-/t11-,14+/m1/s1. The summed E-state index contributed by atoms with van der Waals surface area (Å²) in [4.78, 5) is 12.1. The predicted molar refractivity (Wildman–Crippen MR) is 91.0 cm³/mol. The molecule has 1 aromatic heterocycles. The van der Waals surface area contributed by atoms with E-state index in [2.05, 4.69) is 12.0 Å². The first-order valence-electron chi connectivity index (χ1n) is 7.67. The number of hydrazone groups is 1. The molecule has 1 aliphatic carbocycles. The minimum Gasteiger partial charge on any atom is -0.460 e. The Kier molecular flexibility index (Phi) is 4.34. The molecule has 132 valence electrons. The summed E-state index contributed by atoms with van der Waals surface area (Å²) < 4.78 is 30.0. The van der Waals surface area contributed by atoms with Crippen molar-refractivity contribution in [2.45, 2.75) is 31.1 Å². The Labute approximate surface area is 144 Å². The van der Waals surface area contributed by atoms with E-state index in [-0.39, 0.29) is 10.6 Å². The van der Waals surface area contributed by atoms with Gasteiger partial charge in [0.05, 0.1) is 16.0 Å². The van der Waals surface area contributed by atoms with Crippen molar-refractivity contribution in [1.29, 1.82) is 0 Å². The quantitative estimate of drug-likeness (QED) is 0.481. The number of nitro benzene ring substituents is 1. The summed E-state index contributed by atoms with van der Waals surface area (Å²) in [5.74, 6) is 2.33. The van der Waals surface area contributed by atoms with Crippen molar-refractivity contribution in [3.63, 3.8) is 0 Å². The second-order valence-electron chi connectivity index (χ2n) is 6.12. The third kappa shape index (κ3) is 3.71. The van der Waals surface area contributed by atoms with Crippen LogP contribution in [0, 0.1) is 23.0 Å². The number of nitrogens with zero attached hydrogens (tertiary/aromatic N) is 2. The van der Waals surface area contributed by atoms with Crippen LogP contribution >= 0.6 is 0 Å². The summed E-state index contributed by atoms with van der Waals surface area (Å²) >= 11 is 0. The zero-order valence-corrected chi connectivity index (χ0v) is 14.5. The fourth-order valence-corrected chi connectivity index (χ4v) is 3.33. The molecule has 1 saturated carbocycles. The minimum atomic E-state index is -4.00. The third-order valence-corrected chi connectivity index (χ3v) is 5.40. The molecule has 25 heavy (non-hydrogen) atoms. The number of sulfonamides is 1. The van der Waals surface area contributed by atoms with Crippen LogP contribution in [-0.2, 0) is 10.0 Å². The molecule has 1 aliphatic rings. The van der Waals surface area contributed by atoms with Gasteiger partial charge in [-0.05, 0) is 37.5 Å². The number of hydrogen-bond acceptors (Lipinski definition) is 6. The highest BCUT2D eigenvalue weighted by Crippen LogP contribution is 2.47. The van der Waals surface area contributed by atoms with Crippen LogP contribution in [-0.4, -0.2) is 19.6 Å². The van der Waals surface area contributed by atoms with Crippen LogP contribution in [0.25, 0.3) is 0 Å². The molecule has 2 aromatic rings. The van der Waals surface area contributed by atoms with Crippen LogP contribution in [0.5, 0.6) is 0 Å². The maximum absolute atomic E-state index is 12.2. The maximum Gasteiger partial charge on any atom is 0.276 e. The van der Waals surface area contributed by atoms with Gasteiger partial charge in [0.1, 0.15) is 11.5 Å². The molecule has 1 aromatic carbocycles. The summed E-state index contributed by atoms with van der Waals surface area (Å²) in [6.07, 6.45) is 2.35. The Morgan fingerprint density at radius 2 is 2.08 bits per heavy atom. The van der Waals surface area contributed by atoms with Crippen molar-refractivity contribution in [2.75, 3.05) is 0 Å². The van der Waals surface area contributed by atoms with Crippen LogP contribution in [0.2, 0.25) is 0 Å². The van der Waals surface area contributed by atoms with Gasteiger partial charge < -0.3 is 4.42 Å². The highest BCUT2D eigenvalue weighted by molar-refractivity contribution is 7.89. The molecule has 1 N–H and O–H groups in total. The van der Waals surface area contributed by atoms with E-state index in [1.54, 1.807) is 6.07 Å². The Hall–Kier alpha value is -2.68. The molecule has 1 fully saturated rings. The fourth-order valence-electron chi connectivity index (χ4n) is 2.52. The summed E-state index contributed by atoms with van der Waals surface area (Å²) in [6, 6.07) is 7.25. The molecule has 0 aliphatic heterocycles. The maximum atomic E-state index is 12.2. The van der Waals surface area contributed by atoms with Gasteiger partial charge in [0.2, 0.25) is 0 Å². The minimum absolute atomic E-state index is 0.228. The zero-order valence-electron chi connectivity index (χ0n) is 13.7. The van der Waals surface area contributed by atoms with Gasteiger partial charge in [-0.2, -0.15) is 18.4 Å².